The Balaban J connectivity index is 1.35. The van der Waals surface area contributed by atoms with Crippen molar-refractivity contribution in [3.8, 4) is 11.3 Å². The van der Waals surface area contributed by atoms with E-state index in [1.807, 2.05) is 36.8 Å². The molecule has 0 aliphatic carbocycles. The minimum Gasteiger partial charge on any atom is -0.384 e. The Hall–Kier alpha value is -3.65. The van der Waals surface area contributed by atoms with Crippen molar-refractivity contribution < 1.29 is 0 Å². The Morgan fingerprint density at radius 1 is 1.07 bits per heavy atom. The average molecular weight is 399 g/mol. The van der Waals surface area contributed by atoms with Crippen molar-refractivity contribution in [1.82, 2.24) is 19.5 Å². The minimum atomic E-state index is 0.0647. The van der Waals surface area contributed by atoms with E-state index in [0.29, 0.717) is 12.1 Å². The number of benzene rings is 2. The van der Waals surface area contributed by atoms with Gasteiger partial charge in [0.25, 0.3) is 0 Å². The van der Waals surface area contributed by atoms with Crippen LogP contribution < -0.4 is 11.1 Å². The van der Waals surface area contributed by atoms with Crippen molar-refractivity contribution in [3.05, 3.63) is 78.5 Å². The van der Waals surface area contributed by atoms with Crippen LogP contribution in [0.3, 0.4) is 0 Å². The van der Waals surface area contributed by atoms with Gasteiger partial charge in [-0.2, -0.15) is 0 Å². The zero-order chi connectivity index (χ0) is 19.8. The predicted molar refractivity (Wildman–Crippen MR) is 114 cm³/mol. The summed E-state index contributed by atoms with van der Waals surface area (Å²) in [5, 5.41) is 11.7. The zero-order valence-corrected chi connectivity index (χ0v) is 16.1. The molecular weight excluding hydrogens is 382 g/mol. The summed E-state index contributed by atoms with van der Waals surface area (Å²) in [6, 6.07) is 13.9. The van der Waals surface area contributed by atoms with Gasteiger partial charge in [-0.15, -0.1) is 0 Å². The lowest BCUT2D eigenvalue weighted by atomic mass is 10.1. The van der Waals surface area contributed by atoms with Gasteiger partial charge in [-0.05, 0) is 17.7 Å². The van der Waals surface area contributed by atoms with E-state index in [1.165, 1.54) is 5.56 Å². The summed E-state index contributed by atoms with van der Waals surface area (Å²) in [4.78, 5) is 14.4. The SMILES string of the molecule is N=C(N)c1ccc(-c2cn(Cc3ccc4c(c3)Nc3nccnc3S4)cn2)cc1. The normalized spacial score (nSPS) is 12.0. The maximum Gasteiger partial charge on any atom is 0.163 e. The van der Waals surface area contributed by atoms with Gasteiger partial charge in [-0.1, -0.05) is 42.1 Å². The quantitative estimate of drug-likeness (QED) is 0.313. The first-order valence-electron chi connectivity index (χ1n) is 9.01. The van der Waals surface area contributed by atoms with E-state index < -0.39 is 0 Å². The molecule has 0 fully saturated rings. The van der Waals surface area contributed by atoms with Gasteiger partial charge < -0.3 is 15.6 Å². The molecule has 7 nitrogen and oxygen atoms in total. The van der Waals surface area contributed by atoms with Crippen LogP contribution >= 0.6 is 11.8 Å². The number of rotatable bonds is 4. The number of hydrogen-bond donors (Lipinski definition) is 3. The molecule has 0 spiro atoms. The van der Waals surface area contributed by atoms with E-state index in [2.05, 4.69) is 43.0 Å². The number of aromatic nitrogens is 4. The number of imidazole rings is 1. The number of nitrogens with zero attached hydrogens (tertiary/aromatic N) is 4. The lowest BCUT2D eigenvalue weighted by molar-refractivity contribution is 0.797. The third-order valence-electron chi connectivity index (χ3n) is 4.66. The minimum absolute atomic E-state index is 0.0647. The molecule has 0 amide bonds. The van der Waals surface area contributed by atoms with E-state index in [0.717, 1.165) is 32.7 Å². The highest BCUT2D eigenvalue weighted by molar-refractivity contribution is 7.99. The van der Waals surface area contributed by atoms with Crippen LogP contribution in [0, 0.1) is 5.41 Å². The molecule has 4 aromatic rings. The van der Waals surface area contributed by atoms with Gasteiger partial charge in [0, 0.05) is 41.2 Å². The molecule has 0 radical (unpaired) electrons. The Morgan fingerprint density at radius 3 is 2.72 bits per heavy atom. The Bertz CT molecular complexity index is 1210. The van der Waals surface area contributed by atoms with Crippen molar-refractivity contribution in [2.24, 2.45) is 5.73 Å². The molecule has 1 aliphatic rings. The van der Waals surface area contributed by atoms with Gasteiger partial charge in [0.2, 0.25) is 0 Å². The summed E-state index contributed by atoms with van der Waals surface area (Å²) in [7, 11) is 0. The second-order valence-corrected chi connectivity index (χ2v) is 7.72. The molecule has 0 bridgehead atoms. The highest BCUT2D eigenvalue weighted by Gasteiger charge is 2.17. The van der Waals surface area contributed by atoms with E-state index in [4.69, 9.17) is 11.1 Å². The van der Waals surface area contributed by atoms with Crippen LogP contribution in [0.15, 0.2) is 77.3 Å². The van der Waals surface area contributed by atoms with Crippen molar-refractivity contribution in [3.63, 3.8) is 0 Å². The fourth-order valence-electron chi connectivity index (χ4n) is 3.21. The van der Waals surface area contributed by atoms with Crippen LogP contribution in [0.5, 0.6) is 0 Å². The first-order valence-corrected chi connectivity index (χ1v) is 9.83. The molecule has 1 aliphatic heterocycles. The zero-order valence-electron chi connectivity index (χ0n) is 15.3. The average Bonchev–Trinajstić information content (AvgIpc) is 3.20. The standard InChI is InChI=1S/C21H17N7S/c22-19(23)15-4-2-14(3-5-15)17-11-28(12-26-17)10-13-1-6-18-16(9-13)27-20-21(29-18)25-8-7-24-20/h1-9,11-12H,10H2,(H3,22,23)(H,24,27). The number of amidine groups is 1. The van der Waals surface area contributed by atoms with Crippen LogP contribution in [-0.2, 0) is 6.54 Å². The smallest absolute Gasteiger partial charge is 0.163 e. The number of nitrogen functional groups attached to an aromatic ring is 1. The lowest BCUT2D eigenvalue weighted by Gasteiger charge is -2.19. The molecule has 2 aromatic carbocycles. The number of anilines is 2. The molecule has 0 unspecified atom stereocenters. The molecule has 4 N–H and O–H groups in total. The molecule has 142 valence electrons. The molecule has 8 heteroatoms. The van der Waals surface area contributed by atoms with Crippen molar-refractivity contribution in [1.29, 1.82) is 5.41 Å². The summed E-state index contributed by atoms with van der Waals surface area (Å²) < 4.78 is 2.06. The molecule has 29 heavy (non-hydrogen) atoms. The summed E-state index contributed by atoms with van der Waals surface area (Å²) in [5.74, 6) is 0.857. The predicted octanol–water partition coefficient (Wildman–Crippen LogP) is 3.88. The van der Waals surface area contributed by atoms with Crippen molar-refractivity contribution in [2.45, 2.75) is 16.5 Å². The first-order chi connectivity index (χ1) is 14.2. The number of fused-ring (bicyclic) bond motifs is 2. The van der Waals surface area contributed by atoms with Gasteiger partial charge in [0.1, 0.15) is 10.9 Å². The van der Waals surface area contributed by atoms with Crippen LogP contribution in [0.4, 0.5) is 11.5 Å². The molecule has 3 heterocycles. The van der Waals surface area contributed by atoms with Crippen molar-refractivity contribution >= 4 is 29.1 Å². The number of nitrogens with two attached hydrogens (primary N) is 1. The fourth-order valence-corrected chi connectivity index (χ4v) is 4.08. The second kappa shape index (κ2) is 7.06. The maximum atomic E-state index is 7.49. The largest absolute Gasteiger partial charge is 0.384 e. The topological polar surface area (TPSA) is 106 Å². The van der Waals surface area contributed by atoms with Crippen LogP contribution in [0.25, 0.3) is 11.3 Å². The first kappa shape index (κ1) is 17.4. The van der Waals surface area contributed by atoms with E-state index in [1.54, 1.807) is 24.2 Å². The van der Waals surface area contributed by atoms with E-state index in [9.17, 15) is 0 Å². The second-order valence-electron chi connectivity index (χ2n) is 6.69. The van der Waals surface area contributed by atoms with E-state index in [-0.39, 0.29) is 5.84 Å². The molecule has 0 atom stereocenters. The summed E-state index contributed by atoms with van der Waals surface area (Å²) in [6.45, 7) is 0.714. The molecule has 0 saturated heterocycles. The molecule has 2 aromatic heterocycles. The highest BCUT2D eigenvalue weighted by Crippen LogP contribution is 2.42. The van der Waals surface area contributed by atoms with Crippen molar-refractivity contribution in [2.75, 3.05) is 5.32 Å². The Kier molecular flexibility index (Phi) is 4.25. The van der Waals surface area contributed by atoms with Crippen LogP contribution in [0.1, 0.15) is 11.1 Å². The Labute approximate surface area is 171 Å². The monoisotopic (exact) mass is 399 g/mol. The molecule has 0 saturated carbocycles. The fraction of sp³-hybridized carbons (Fsp3) is 0.0476. The van der Waals surface area contributed by atoms with Gasteiger partial charge in [0.05, 0.1) is 17.7 Å². The maximum absolute atomic E-state index is 7.49. The molecule has 5 rings (SSSR count). The van der Waals surface area contributed by atoms with Gasteiger partial charge in [0.15, 0.2) is 5.82 Å². The summed E-state index contributed by atoms with van der Waals surface area (Å²) in [6.07, 6.45) is 7.25. The third kappa shape index (κ3) is 3.45. The van der Waals surface area contributed by atoms with Gasteiger partial charge in [-0.3, -0.25) is 5.41 Å². The molecular formula is C21H17N7S. The van der Waals surface area contributed by atoms with E-state index >= 15 is 0 Å². The third-order valence-corrected chi connectivity index (χ3v) is 5.73. The lowest BCUT2D eigenvalue weighted by Crippen LogP contribution is -2.10. The van der Waals surface area contributed by atoms with Gasteiger partial charge in [-0.25, -0.2) is 15.0 Å². The number of nitrogens with one attached hydrogen (secondary N) is 2. The highest BCUT2D eigenvalue weighted by atomic mass is 32.2. The summed E-state index contributed by atoms with van der Waals surface area (Å²) in [5.41, 5.74) is 10.3. The summed E-state index contributed by atoms with van der Waals surface area (Å²) >= 11 is 1.62. The Morgan fingerprint density at radius 2 is 1.90 bits per heavy atom. The van der Waals surface area contributed by atoms with Crippen LogP contribution in [0.2, 0.25) is 0 Å². The van der Waals surface area contributed by atoms with Crippen LogP contribution in [-0.4, -0.2) is 25.4 Å². The number of hydrogen-bond acceptors (Lipinski definition) is 6. The van der Waals surface area contributed by atoms with Gasteiger partial charge >= 0.3 is 0 Å².